The van der Waals surface area contributed by atoms with E-state index in [0.717, 1.165) is 29.0 Å². The van der Waals surface area contributed by atoms with Crippen LogP contribution in [-0.2, 0) is 19.4 Å². The Morgan fingerprint density at radius 3 is 3.00 bits per heavy atom. The van der Waals surface area contributed by atoms with E-state index in [1.54, 1.807) is 17.4 Å². The fourth-order valence-corrected chi connectivity index (χ4v) is 3.57. The number of aliphatic hydroxyl groups excluding tert-OH is 1. The number of nitrogens with zero attached hydrogens (tertiary/aromatic N) is 1. The first-order chi connectivity index (χ1) is 10.3. The lowest BCUT2D eigenvalue weighted by Crippen LogP contribution is -2.22. The van der Waals surface area contributed by atoms with Crippen molar-refractivity contribution in [3.8, 4) is 11.8 Å². The van der Waals surface area contributed by atoms with Crippen molar-refractivity contribution >= 4 is 11.3 Å². The second-order valence-corrected chi connectivity index (χ2v) is 6.29. The zero-order valence-corrected chi connectivity index (χ0v) is 12.6. The maximum Gasteiger partial charge on any atom is 0.251 e. The third-order valence-electron chi connectivity index (χ3n) is 3.67. The summed E-state index contributed by atoms with van der Waals surface area (Å²) < 4.78 is 1.90. The lowest BCUT2D eigenvalue weighted by atomic mass is 10.2. The predicted molar refractivity (Wildman–Crippen MR) is 84.7 cm³/mol. The van der Waals surface area contributed by atoms with Crippen LogP contribution >= 0.6 is 11.3 Å². The number of hydrogen-bond acceptors (Lipinski definition) is 3. The third kappa shape index (κ3) is 3.10. The number of thiophene rings is 1. The van der Waals surface area contributed by atoms with Crippen molar-refractivity contribution in [2.45, 2.75) is 32.2 Å². The van der Waals surface area contributed by atoms with Crippen molar-refractivity contribution in [3.63, 3.8) is 0 Å². The van der Waals surface area contributed by atoms with Gasteiger partial charge >= 0.3 is 0 Å². The van der Waals surface area contributed by atoms with Crippen LogP contribution < -0.4 is 5.56 Å². The van der Waals surface area contributed by atoms with Gasteiger partial charge in [0, 0.05) is 23.1 Å². The first-order valence-corrected chi connectivity index (χ1v) is 7.99. The first-order valence-electron chi connectivity index (χ1n) is 7.18. The molecule has 4 heteroatoms. The molecule has 1 aliphatic rings. The number of fused-ring (bicyclic) bond motifs is 1. The molecule has 1 N–H and O–H groups in total. The van der Waals surface area contributed by atoms with E-state index in [2.05, 4.69) is 11.8 Å². The summed E-state index contributed by atoms with van der Waals surface area (Å²) in [6.45, 7) is 0.727. The minimum Gasteiger partial charge on any atom is -0.395 e. The molecule has 1 aliphatic carbocycles. The van der Waals surface area contributed by atoms with Crippen LogP contribution in [0.15, 0.2) is 29.1 Å². The van der Waals surface area contributed by atoms with E-state index < -0.39 is 0 Å². The van der Waals surface area contributed by atoms with E-state index in [4.69, 9.17) is 5.11 Å². The fourth-order valence-electron chi connectivity index (χ4n) is 2.70. The summed E-state index contributed by atoms with van der Waals surface area (Å²) in [6, 6.07) is 7.67. The molecule has 21 heavy (non-hydrogen) atoms. The molecule has 0 spiro atoms. The Balaban J connectivity index is 1.84. The highest BCUT2D eigenvalue weighted by Crippen LogP contribution is 2.22. The first kappa shape index (κ1) is 14.1. The van der Waals surface area contributed by atoms with Gasteiger partial charge in [0.05, 0.1) is 18.0 Å². The number of aryl methyl sites for hydroxylation is 1. The monoisotopic (exact) mass is 299 g/mol. The van der Waals surface area contributed by atoms with Gasteiger partial charge in [0.1, 0.15) is 0 Å². The van der Waals surface area contributed by atoms with Gasteiger partial charge in [-0.25, -0.2) is 0 Å². The van der Waals surface area contributed by atoms with Gasteiger partial charge in [0.15, 0.2) is 0 Å². The molecule has 3 nitrogen and oxygen atoms in total. The summed E-state index contributed by atoms with van der Waals surface area (Å²) in [7, 11) is 0. The molecule has 0 bridgehead atoms. The molecule has 0 amide bonds. The lowest BCUT2D eigenvalue weighted by molar-refractivity contribution is 0.305. The van der Waals surface area contributed by atoms with Crippen LogP contribution in [0.4, 0.5) is 0 Å². The van der Waals surface area contributed by atoms with Crippen LogP contribution in [0.5, 0.6) is 0 Å². The Morgan fingerprint density at radius 1 is 1.24 bits per heavy atom. The molecular formula is C17H17NO2S. The second-order valence-electron chi connectivity index (χ2n) is 5.12. The van der Waals surface area contributed by atoms with E-state index in [9.17, 15) is 4.79 Å². The highest BCUT2D eigenvalue weighted by Gasteiger charge is 2.16. The number of aromatic nitrogens is 1. The van der Waals surface area contributed by atoms with Crippen LogP contribution in [0.1, 0.15) is 33.9 Å². The number of pyridine rings is 1. The summed E-state index contributed by atoms with van der Waals surface area (Å²) >= 11 is 1.62. The molecule has 0 saturated heterocycles. The van der Waals surface area contributed by atoms with Crippen molar-refractivity contribution in [1.82, 2.24) is 4.57 Å². The molecule has 3 rings (SSSR count). The van der Waals surface area contributed by atoms with E-state index in [-0.39, 0.29) is 12.2 Å². The van der Waals surface area contributed by atoms with Crippen molar-refractivity contribution < 1.29 is 5.11 Å². The molecule has 0 saturated carbocycles. The molecule has 2 heterocycles. The molecular weight excluding hydrogens is 282 g/mol. The van der Waals surface area contributed by atoms with E-state index >= 15 is 0 Å². The van der Waals surface area contributed by atoms with Crippen molar-refractivity contribution in [2.75, 3.05) is 6.61 Å². The Morgan fingerprint density at radius 2 is 2.14 bits per heavy atom. The quantitative estimate of drug-likeness (QED) is 0.883. The van der Waals surface area contributed by atoms with Crippen LogP contribution in [-0.4, -0.2) is 16.3 Å². The predicted octanol–water partition coefficient (Wildman–Crippen LogP) is 2.18. The molecule has 108 valence electrons. The average Bonchev–Trinajstić information content (AvgIpc) is 3.11. The zero-order chi connectivity index (χ0) is 14.7. The number of hydrogen-bond donors (Lipinski definition) is 1. The summed E-state index contributed by atoms with van der Waals surface area (Å²) in [5.41, 5.74) is 2.59. The topological polar surface area (TPSA) is 42.2 Å². The van der Waals surface area contributed by atoms with Gasteiger partial charge in [-0.05, 0) is 37.0 Å². The number of rotatable bonds is 3. The van der Waals surface area contributed by atoms with Gasteiger partial charge in [-0.2, -0.15) is 0 Å². The normalized spacial score (nSPS) is 12.8. The Bertz CT molecular complexity index is 761. The Kier molecular flexibility index (Phi) is 4.23. The maximum atomic E-state index is 12.1. The van der Waals surface area contributed by atoms with Gasteiger partial charge in [-0.15, -0.1) is 11.3 Å². The highest BCUT2D eigenvalue weighted by molar-refractivity contribution is 7.12. The smallest absolute Gasteiger partial charge is 0.251 e. The van der Waals surface area contributed by atoms with Crippen LogP contribution in [0.3, 0.4) is 0 Å². The highest BCUT2D eigenvalue weighted by atomic mass is 32.1. The second kappa shape index (κ2) is 6.30. The van der Waals surface area contributed by atoms with Crippen LogP contribution in [0.25, 0.3) is 0 Å². The summed E-state index contributed by atoms with van der Waals surface area (Å²) in [6.07, 6.45) is 3.72. The van der Waals surface area contributed by atoms with Gasteiger partial charge in [0.25, 0.3) is 5.56 Å². The van der Waals surface area contributed by atoms with Crippen LogP contribution in [0, 0.1) is 11.8 Å². The Hall–Kier alpha value is -1.83. The van der Waals surface area contributed by atoms with E-state index in [0.29, 0.717) is 13.0 Å². The molecule has 2 aromatic heterocycles. The number of aliphatic hydroxyl groups is 1. The molecule has 2 aromatic rings. The average molecular weight is 299 g/mol. The standard InChI is InChI=1S/C17H17NO2S/c19-11-2-1-5-14-8-9-15(21-14)12-18-16-6-3-4-13(16)7-10-17(18)20/h7-10,19H,2-4,6,11-12H2. The Labute approximate surface area is 127 Å². The van der Waals surface area contributed by atoms with Gasteiger partial charge in [-0.3, -0.25) is 4.79 Å². The largest absolute Gasteiger partial charge is 0.395 e. The summed E-state index contributed by atoms with van der Waals surface area (Å²) in [5.74, 6) is 5.96. The molecule has 0 atom stereocenters. The van der Waals surface area contributed by atoms with Crippen LogP contribution in [0.2, 0.25) is 0 Å². The molecule has 0 fully saturated rings. The van der Waals surface area contributed by atoms with E-state index in [1.165, 1.54) is 11.3 Å². The third-order valence-corrected chi connectivity index (χ3v) is 4.66. The minimum atomic E-state index is 0.0805. The molecule has 0 aliphatic heterocycles. The van der Waals surface area contributed by atoms with Gasteiger partial charge in [-0.1, -0.05) is 17.9 Å². The summed E-state index contributed by atoms with van der Waals surface area (Å²) in [5, 5.41) is 8.73. The van der Waals surface area contributed by atoms with Crippen molar-refractivity contribution in [3.05, 3.63) is 55.6 Å². The summed E-state index contributed by atoms with van der Waals surface area (Å²) in [4.78, 5) is 14.2. The van der Waals surface area contributed by atoms with Crippen molar-refractivity contribution in [1.29, 1.82) is 0 Å². The van der Waals surface area contributed by atoms with E-state index in [1.807, 2.05) is 22.8 Å². The van der Waals surface area contributed by atoms with Gasteiger partial charge < -0.3 is 9.67 Å². The molecule has 0 radical (unpaired) electrons. The maximum absolute atomic E-state index is 12.1. The minimum absolute atomic E-state index is 0.0805. The zero-order valence-electron chi connectivity index (χ0n) is 11.8. The lowest BCUT2D eigenvalue weighted by Gasteiger charge is -2.10. The van der Waals surface area contributed by atoms with Gasteiger partial charge in [0.2, 0.25) is 0 Å². The molecule has 0 unspecified atom stereocenters. The SMILES string of the molecule is O=c1ccc2c(n1Cc1ccc(C#CCCO)s1)CCC2. The van der Waals surface area contributed by atoms with Crippen molar-refractivity contribution in [2.24, 2.45) is 0 Å². The molecule has 0 aromatic carbocycles. The fraction of sp³-hybridized carbons (Fsp3) is 0.353.